The zero-order valence-corrected chi connectivity index (χ0v) is 27.0. The zero-order chi connectivity index (χ0) is 22.5. The predicted molar refractivity (Wildman–Crippen MR) is 135 cm³/mol. The van der Waals surface area contributed by atoms with Crippen LogP contribution in [0.15, 0.2) is 24.3 Å². The maximum absolute atomic E-state index is 2.82. The van der Waals surface area contributed by atoms with E-state index in [0.29, 0.717) is 0 Å². The Hall–Kier alpha value is 0.501. The fourth-order valence-corrected chi connectivity index (χ4v) is 16.1. The van der Waals surface area contributed by atoms with E-state index in [1.807, 2.05) is 5.19 Å². The van der Waals surface area contributed by atoms with Gasteiger partial charge in [0.25, 0.3) is 0 Å². The summed E-state index contributed by atoms with van der Waals surface area (Å²) in [5, 5.41) is 1.85. The van der Waals surface area contributed by atoms with E-state index in [-0.39, 0.29) is 37.2 Å². The van der Waals surface area contributed by atoms with Crippen LogP contribution in [0.5, 0.6) is 0 Å². The van der Waals surface area contributed by atoms with Crippen LogP contribution < -0.4 is 42.4 Å². The van der Waals surface area contributed by atoms with Crippen molar-refractivity contribution in [2.45, 2.75) is 96.0 Å². The van der Waals surface area contributed by atoms with E-state index in [0.717, 1.165) is 33.4 Å². The van der Waals surface area contributed by atoms with Gasteiger partial charge in [-0.3, -0.25) is 0 Å². The quantitative estimate of drug-likeness (QED) is 0.389. The molecule has 0 radical (unpaired) electrons. The first-order valence-corrected chi connectivity index (χ1v) is 16.6. The van der Waals surface area contributed by atoms with Crippen LogP contribution in [0.25, 0.3) is 0 Å². The van der Waals surface area contributed by atoms with Crippen molar-refractivity contribution in [3.8, 4) is 0 Å². The minimum absolute atomic E-state index is 0. The molecule has 3 aliphatic carbocycles. The molecule has 7 unspecified atom stereocenters. The molecule has 4 rings (SSSR count). The number of hydrogen-bond acceptors (Lipinski definition) is 0. The maximum Gasteiger partial charge on any atom is -1.00 e. The van der Waals surface area contributed by atoms with E-state index in [4.69, 9.17) is 0 Å². The number of benzene rings is 1. The van der Waals surface area contributed by atoms with Crippen molar-refractivity contribution in [1.29, 1.82) is 0 Å². The van der Waals surface area contributed by atoms with Crippen LogP contribution in [-0.2, 0) is 20.4 Å². The molecule has 7 atom stereocenters. The summed E-state index contributed by atoms with van der Waals surface area (Å²) in [6, 6.07) is 1.47. The normalized spacial score (nSPS) is 30.9. The fourth-order valence-electron chi connectivity index (χ4n) is 8.12. The van der Waals surface area contributed by atoms with Crippen LogP contribution in [0.4, 0.5) is 0 Å². The Morgan fingerprint density at radius 2 is 1.35 bits per heavy atom. The van der Waals surface area contributed by atoms with Crippen molar-refractivity contribution >= 4 is 13.3 Å². The van der Waals surface area contributed by atoms with Gasteiger partial charge in [0, 0.05) is 0 Å². The molecule has 0 aromatic heterocycles. The van der Waals surface area contributed by atoms with E-state index < -0.39 is 8.07 Å². The molecule has 2 fully saturated rings. The predicted octanol–water partition coefficient (Wildman–Crippen LogP) is -1.18. The number of allylic oxidation sites excluding steroid dienone is 4. The SMILES string of the molecule is CCCC[Si](C)(c1c(C)c(C)c(C)c(C)c1C)C1C2C=CC=CC2C2CCC[CH]([Ti+3])C21.[Cl-].[Cl-].[Cl-]. The summed E-state index contributed by atoms with van der Waals surface area (Å²) >= 11 is 2.61. The third-order valence-electron chi connectivity index (χ3n) is 9.91. The molecular formula is C29H43Cl3SiTi. The van der Waals surface area contributed by atoms with Gasteiger partial charge in [-0.25, -0.2) is 0 Å². The molecule has 0 amide bonds. The van der Waals surface area contributed by atoms with Crippen LogP contribution in [0.3, 0.4) is 0 Å². The standard InChI is InChI=1S/C29H43Si.3ClH.Ti/c1-8-9-18-30(7,28-22(5)20(3)19(2)21(4)23(28)6)29-26-16-12-10-14-24(26)25-15-11-13-17-27(25)29;;;;/h10,12,14,16-17,24-27,29H,8-9,11,13,15,18H2,1-7H3;3*1H;/q;;;;+3/p-3. The van der Waals surface area contributed by atoms with Crippen molar-refractivity contribution in [1.82, 2.24) is 0 Å². The molecule has 0 spiro atoms. The van der Waals surface area contributed by atoms with Gasteiger partial charge in [0.15, 0.2) is 0 Å². The van der Waals surface area contributed by atoms with Crippen LogP contribution in [0.2, 0.25) is 22.4 Å². The van der Waals surface area contributed by atoms with E-state index in [9.17, 15) is 0 Å². The van der Waals surface area contributed by atoms with E-state index in [1.165, 1.54) is 43.7 Å². The molecule has 0 nitrogen and oxygen atoms in total. The molecule has 0 bridgehead atoms. The Morgan fingerprint density at radius 1 is 0.824 bits per heavy atom. The molecule has 1 aromatic rings. The minimum Gasteiger partial charge on any atom is -1.00 e. The monoisotopic (exact) mass is 572 g/mol. The summed E-state index contributed by atoms with van der Waals surface area (Å²) in [7, 11) is -1.73. The van der Waals surface area contributed by atoms with Gasteiger partial charge in [-0.05, 0) is 0 Å². The Bertz CT molecular complexity index is 882. The zero-order valence-electron chi connectivity index (χ0n) is 22.2. The molecule has 2 saturated carbocycles. The van der Waals surface area contributed by atoms with Crippen LogP contribution in [0.1, 0.15) is 66.8 Å². The van der Waals surface area contributed by atoms with Crippen molar-refractivity contribution in [3.63, 3.8) is 0 Å². The second-order valence-electron chi connectivity index (χ2n) is 11.2. The summed E-state index contributed by atoms with van der Waals surface area (Å²) in [4.78, 5) is 0. The number of fused-ring (bicyclic) bond motifs is 3. The van der Waals surface area contributed by atoms with Gasteiger partial charge in [0.05, 0.1) is 0 Å². The van der Waals surface area contributed by atoms with Crippen LogP contribution in [0, 0.1) is 58.3 Å². The topological polar surface area (TPSA) is 0 Å². The summed E-state index contributed by atoms with van der Waals surface area (Å²) in [5.41, 5.74) is 8.84. The van der Waals surface area contributed by atoms with Gasteiger partial charge >= 0.3 is 205 Å². The van der Waals surface area contributed by atoms with Crippen molar-refractivity contribution in [2.24, 2.45) is 23.7 Å². The van der Waals surface area contributed by atoms with Crippen molar-refractivity contribution in [2.75, 3.05) is 0 Å². The van der Waals surface area contributed by atoms with E-state index in [2.05, 4.69) is 92.8 Å². The van der Waals surface area contributed by atoms with Gasteiger partial charge in [-0.15, -0.1) is 0 Å². The number of rotatable bonds is 5. The number of hydrogen-bond donors (Lipinski definition) is 0. The smallest absolute Gasteiger partial charge is 1.00 e. The van der Waals surface area contributed by atoms with Crippen LogP contribution in [-0.4, -0.2) is 8.07 Å². The summed E-state index contributed by atoms with van der Waals surface area (Å²) in [6.07, 6.45) is 17.1. The molecule has 188 valence electrons. The van der Waals surface area contributed by atoms with E-state index in [1.54, 1.807) is 22.3 Å². The summed E-state index contributed by atoms with van der Waals surface area (Å²) in [5.74, 6) is 3.41. The number of unbranched alkanes of at least 4 members (excludes halogenated alkanes) is 1. The number of halogens is 3. The fraction of sp³-hybridized carbons (Fsp3) is 0.655. The first-order valence-electron chi connectivity index (χ1n) is 12.9. The largest absolute Gasteiger partial charge is 1.00 e. The molecule has 0 N–H and O–H groups in total. The third kappa shape index (κ3) is 5.23. The Balaban J connectivity index is 0.00000193. The minimum atomic E-state index is -1.73. The Labute approximate surface area is 241 Å². The van der Waals surface area contributed by atoms with Crippen molar-refractivity contribution < 1.29 is 57.7 Å². The first kappa shape index (κ1) is 32.5. The van der Waals surface area contributed by atoms with Gasteiger partial charge in [-0.2, -0.15) is 0 Å². The molecule has 34 heavy (non-hydrogen) atoms. The average molecular weight is 574 g/mol. The summed E-state index contributed by atoms with van der Waals surface area (Å²) < 4.78 is 0.887. The first-order chi connectivity index (χ1) is 14.7. The molecule has 0 saturated heterocycles. The van der Waals surface area contributed by atoms with Gasteiger partial charge in [0.1, 0.15) is 0 Å². The van der Waals surface area contributed by atoms with Gasteiger partial charge in [0.2, 0.25) is 0 Å². The second kappa shape index (κ2) is 12.8. The molecule has 1 aromatic carbocycles. The van der Waals surface area contributed by atoms with Gasteiger partial charge in [-0.1, -0.05) is 0 Å². The average Bonchev–Trinajstić information content (AvgIpc) is 3.11. The van der Waals surface area contributed by atoms with E-state index >= 15 is 0 Å². The molecular weight excluding hydrogens is 531 g/mol. The van der Waals surface area contributed by atoms with Crippen molar-refractivity contribution in [3.05, 3.63) is 52.1 Å². The molecule has 3 aliphatic rings. The molecule has 5 heteroatoms. The Kier molecular flexibility index (Phi) is 12.3. The molecule has 0 heterocycles. The molecule has 0 aliphatic heterocycles. The Morgan fingerprint density at radius 3 is 1.91 bits per heavy atom. The van der Waals surface area contributed by atoms with Crippen LogP contribution >= 0.6 is 0 Å². The third-order valence-corrected chi connectivity index (χ3v) is 16.5. The maximum atomic E-state index is 2.82. The van der Waals surface area contributed by atoms with Gasteiger partial charge < -0.3 is 37.2 Å². The second-order valence-corrected chi connectivity index (χ2v) is 16.9. The summed E-state index contributed by atoms with van der Waals surface area (Å²) in [6.45, 7) is 17.3.